The molecule has 0 fully saturated rings. The van der Waals surface area contributed by atoms with E-state index in [9.17, 15) is 4.39 Å². The lowest BCUT2D eigenvalue weighted by atomic mass is 10.1. The quantitative estimate of drug-likeness (QED) is 0.888. The Morgan fingerprint density at radius 2 is 2.00 bits per heavy atom. The molecule has 0 bridgehead atoms. The summed E-state index contributed by atoms with van der Waals surface area (Å²) in [7, 11) is 0. The fraction of sp³-hybridized carbons (Fsp3) is 0.471. The summed E-state index contributed by atoms with van der Waals surface area (Å²) in [5.74, 6) is -0.189. The van der Waals surface area contributed by atoms with E-state index in [0.717, 1.165) is 36.1 Å². The zero-order valence-corrected chi connectivity index (χ0v) is 13.1. The first-order valence-corrected chi connectivity index (χ1v) is 7.63. The van der Waals surface area contributed by atoms with Gasteiger partial charge in [0, 0.05) is 5.69 Å². The zero-order valence-electron chi connectivity index (χ0n) is 13.1. The van der Waals surface area contributed by atoms with E-state index < -0.39 is 0 Å². The van der Waals surface area contributed by atoms with E-state index in [1.807, 2.05) is 13.0 Å². The van der Waals surface area contributed by atoms with Crippen molar-refractivity contribution in [2.45, 2.75) is 46.6 Å². The van der Waals surface area contributed by atoms with Crippen LogP contribution in [0, 0.1) is 12.7 Å². The van der Waals surface area contributed by atoms with Crippen molar-refractivity contribution in [3.63, 3.8) is 0 Å². The van der Waals surface area contributed by atoms with E-state index in [0.29, 0.717) is 13.1 Å². The Labute approximate surface area is 126 Å². The molecule has 0 aliphatic rings. The lowest BCUT2D eigenvalue weighted by Crippen LogP contribution is -2.09. The van der Waals surface area contributed by atoms with Crippen LogP contribution in [0.1, 0.15) is 41.9 Å². The molecule has 114 valence electrons. The molecule has 0 saturated carbocycles. The van der Waals surface area contributed by atoms with E-state index in [-0.39, 0.29) is 5.82 Å². The average molecular weight is 289 g/mol. The van der Waals surface area contributed by atoms with Gasteiger partial charge in [-0.05, 0) is 61.6 Å². The van der Waals surface area contributed by atoms with Gasteiger partial charge in [-0.1, -0.05) is 19.9 Å². The summed E-state index contributed by atoms with van der Waals surface area (Å²) in [5.41, 5.74) is 11.5. The van der Waals surface area contributed by atoms with Crippen LogP contribution in [0.2, 0.25) is 0 Å². The Hall–Kier alpha value is -1.68. The average Bonchev–Trinajstić information content (AvgIpc) is 2.79. The molecule has 0 radical (unpaired) electrons. The second-order valence-electron chi connectivity index (χ2n) is 5.35. The highest BCUT2D eigenvalue weighted by Gasteiger charge is 2.15. The summed E-state index contributed by atoms with van der Waals surface area (Å²) >= 11 is 0. The number of aromatic nitrogens is 2. The second-order valence-corrected chi connectivity index (χ2v) is 5.35. The largest absolute Gasteiger partial charge is 0.330 e. The number of halogens is 1. The Balaban J connectivity index is 2.39. The predicted octanol–water partition coefficient (Wildman–Crippen LogP) is 3.00. The number of hydrogen-bond acceptors (Lipinski definition) is 2. The molecule has 0 saturated heterocycles. The molecule has 2 N–H and O–H groups in total. The second kappa shape index (κ2) is 6.85. The molecule has 0 unspecified atom stereocenters. The van der Waals surface area contributed by atoms with Gasteiger partial charge in [-0.2, -0.15) is 5.10 Å². The summed E-state index contributed by atoms with van der Waals surface area (Å²) in [6.07, 6.45) is 2.72. The lowest BCUT2D eigenvalue weighted by molar-refractivity contribution is 0.616. The van der Waals surface area contributed by atoms with Gasteiger partial charge in [0.05, 0.1) is 12.2 Å². The minimum atomic E-state index is -0.189. The van der Waals surface area contributed by atoms with E-state index in [1.165, 1.54) is 17.3 Å². The van der Waals surface area contributed by atoms with Gasteiger partial charge in [0.2, 0.25) is 0 Å². The van der Waals surface area contributed by atoms with Crippen molar-refractivity contribution in [2.24, 2.45) is 5.73 Å². The van der Waals surface area contributed by atoms with Gasteiger partial charge in [-0.3, -0.25) is 4.68 Å². The standard InChI is InChI=1S/C17H24FN3/c1-4-16-15(8-9-19)17(5-2)21(20-16)11-13-6-7-14(18)10-12(13)3/h6-7,10H,4-5,8-9,11,19H2,1-3H3. The molecule has 1 aromatic heterocycles. The minimum Gasteiger partial charge on any atom is -0.330 e. The Morgan fingerprint density at radius 1 is 1.24 bits per heavy atom. The lowest BCUT2D eigenvalue weighted by Gasteiger charge is -2.10. The van der Waals surface area contributed by atoms with E-state index in [2.05, 4.69) is 18.5 Å². The van der Waals surface area contributed by atoms with Crippen LogP contribution >= 0.6 is 0 Å². The molecule has 4 heteroatoms. The number of nitrogens with two attached hydrogens (primary N) is 1. The van der Waals surface area contributed by atoms with Crippen molar-refractivity contribution < 1.29 is 4.39 Å². The van der Waals surface area contributed by atoms with Crippen LogP contribution in [-0.4, -0.2) is 16.3 Å². The molecule has 0 amide bonds. The topological polar surface area (TPSA) is 43.8 Å². The zero-order chi connectivity index (χ0) is 15.4. The van der Waals surface area contributed by atoms with E-state index >= 15 is 0 Å². The first kappa shape index (κ1) is 15.7. The third kappa shape index (κ3) is 3.32. The monoisotopic (exact) mass is 289 g/mol. The predicted molar refractivity (Wildman–Crippen MR) is 84.0 cm³/mol. The number of benzene rings is 1. The van der Waals surface area contributed by atoms with Crippen LogP contribution in [0.5, 0.6) is 0 Å². The van der Waals surface area contributed by atoms with Crippen molar-refractivity contribution in [1.82, 2.24) is 9.78 Å². The van der Waals surface area contributed by atoms with Crippen molar-refractivity contribution in [3.8, 4) is 0 Å². The number of nitrogens with zero attached hydrogens (tertiary/aromatic N) is 2. The van der Waals surface area contributed by atoms with Gasteiger partial charge in [0.15, 0.2) is 0 Å². The molecule has 2 rings (SSSR count). The number of hydrogen-bond donors (Lipinski definition) is 1. The number of rotatable bonds is 6. The Kier molecular flexibility index (Phi) is 5.12. The molecular formula is C17H24FN3. The van der Waals surface area contributed by atoms with Crippen LogP contribution in [0.4, 0.5) is 4.39 Å². The third-order valence-corrected chi connectivity index (χ3v) is 3.94. The maximum atomic E-state index is 13.2. The highest BCUT2D eigenvalue weighted by atomic mass is 19.1. The van der Waals surface area contributed by atoms with Crippen LogP contribution in [-0.2, 0) is 25.8 Å². The van der Waals surface area contributed by atoms with Gasteiger partial charge in [0.25, 0.3) is 0 Å². The smallest absolute Gasteiger partial charge is 0.123 e. The van der Waals surface area contributed by atoms with Gasteiger partial charge in [0.1, 0.15) is 5.82 Å². The Bertz CT molecular complexity index is 617. The molecule has 2 aromatic rings. The minimum absolute atomic E-state index is 0.189. The van der Waals surface area contributed by atoms with E-state index in [1.54, 1.807) is 6.07 Å². The summed E-state index contributed by atoms with van der Waals surface area (Å²) in [6.45, 7) is 7.53. The maximum absolute atomic E-state index is 13.2. The molecule has 0 spiro atoms. The molecule has 0 atom stereocenters. The summed E-state index contributed by atoms with van der Waals surface area (Å²) < 4.78 is 15.3. The summed E-state index contributed by atoms with van der Waals surface area (Å²) in [6, 6.07) is 4.94. The van der Waals surface area contributed by atoms with Crippen molar-refractivity contribution in [1.29, 1.82) is 0 Å². The van der Waals surface area contributed by atoms with Gasteiger partial charge in [-0.15, -0.1) is 0 Å². The van der Waals surface area contributed by atoms with Crippen LogP contribution < -0.4 is 5.73 Å². The molecule has 21 heavy (non-hydrogen) atoms. The molecule has 0 aliphatic heterocycles. The third-order valence-electron chi connectivity index (χ3n) is 3.94. The molecule has 1 aromatic carbocycles. The van der Waals surface area contributed by atoms with Crippen LogP contribution in [0.3, 0.4) is 0 Å². The fourth-order valence-electron chi connectivity index (χ4n) is 2.83. The molecular weight excluding hydrogens is 265 g/mol. The highest BCUT2D eigenvalue weighted by Crippen LogP contribution is 2.19. The van der Waals surface area contributed by atoms with Gasteiger partial charge in [-0.25, -0.2) is 4.39 Å². The highest BCUT2D eigenvalue weighted by molar-refractivity contribution is 5.31. The van der Waals surface area contributed by atoms with Crippen LogP contribution in [0.25, 0.3) is 0 Å². The maximum Gasteiger partial charge on any atom is 0.123 e. The van der Waals surface area contributed by atoms with Crippen molar-refractivity contribution in [2.75, 3.05) is 6.54 Å². The first-order chi connectivity index (χ1) is 10.1. The normalized spacial score (nSPS) is 11.1. The van der Waals surface area contributed by atoms with E-state index in [4.69, 9.17) is 10.8 Å². The van der Waals surface area contributed by atoms with Crippen molar-refractivity contribution in [3.05, 3.63) is 52.1 Å². The van der Waals surface area contributed by atoms with Gasteiger partial charge >= 0.3 is 0 Å². The fourth-order valence-corrected chi connectivity index (χ4v) is 2.83. The summed E-state index contributed by atoms with van der Waals surface area (Å²) in [4.78, 5) is 0. The van der Waals surface area contributed by atoms with Crippen LogP contribution in [0.15, 0.2) is 18.2 Å². The molecule has 3 nitrogen and oxygen atoms in total. The summed E-state index contributed by atoms with van der Waals surface area (Å²) in [5, 5.41) is 4.74. The van der Waals surface area contributed by atoms with Gasteiger partial charge < -0.3 is 5.73 Å². The molecule has 1 heterocycles. The molecule has 0 aliphatic carbocycles. The number of aryl methyl sites for hydroxylation is 2. The SMILES string of the molecule is CCc1nn(Cc2ccc(F)cc2C)c(CC)c1CCN. The first-order valence-electron chi connectivity index (χ1n) is 7.63. The Morgan fingerprint density at radius 3 is 2.57 bits per heavy atom. The van der Waals surface area contributed by atoms with Crippen molar-refractivity contribution >= 4 is 0 Å².